The molecule has 0 aliphatic carbocycles. The molecule has 0 aliphatic rings. The van der Waals surface area contributed by atoms with E-state index in [0.29, 0.717) is 31.0 Å². The summed E-state index contributed by atoms with van der Waals surface area (Å²) in [4.78, 5) is 24.7. The Morgan fingerprint density at radius 2 is 1.63 bits per heavy atom. The number of thioether (sulfide) groups is 1. The van der Waals surface area contributed by atoms with E-state index in [4.69, 9.17) is 4.74 Å². The minimum absolute atomic E-state index is 0. The molecule has 0 fully saturated rings. The van der Waals surface area contributed by atoms with Gasteiger partial charge in [0.2, 0.25) is 0 Å². The van der Waals surface area contributed by atoms with Crippen molar-refractivity contribution in [1.29, 1.82) is 0 Å². The number of aryl methyl sites for hydroxylation is 2. The second kappa shape index (κ2) is 14.2. The number of carboxylic acids is 1. The Labute approximate surface area is 223 Å². The molecule has 178 valence electrons. The minimum atomic E-state index is -1.28. The van der Waals surface area contributed by atoms with E-state index in [-0.39, 0.29) is 18.9 Å². The number of carbonyl (C=O) groups is 2. The van der Waals surface area contributed by atoms with Gasteiger partial charge in [-0.15, -0.1) is 0 Å². The summed E-state index contributed by atoms with van der Waals surface area (Å²) in [6.07, 6.45) is 2.20. The number of amides is 1. The molecule has 0 bridgehead atoms. The van der Waals surface area contributed by atoms with Crippen LogP contribution in [0.4, 0.5) is 0 Å². The standard InChI is InChI=1S/C28H31NO4S.Li/c1-19-8-4-6-10-22(19)18-33-17-21-12-13-24(25(16-21)23-11-7-5-9-20(23)2)27(30)29-26(28(31)32)14-15-34-3;/h4-13,16,26H,14-15,17-18H2,1-3H3,(H,29,30)(H,31,32);/q;+1/p-1/t26-;/m0./s1. The number of hydrogen-bond acceptors (Lipinski definition) is 5. The molecule has 1 N–H and O–H groups in total. The van der Waals surface area contributed by atoms with Gasteiger partial charge >= 0.3 is 18.9 Å². The van der Waals surface area contributed by atoms with Crippen LogP contribution in [0.5, 0.6) is 0 Å². The van der Waals surface area contributed by atoms with Crippen LogP contribution >= 0.6 is 11.8 Å². The van der Waals surface area contributed by atoms with Gasteiger partial charge in [-0.05, 0) is 77.8 Å². The Hall–Kier alpha value is -2.49. The molecular formula is C28H30LiNO4S. The molecule has 0 aliphatic heterocycles. The Bertz CT molecular complexity index is 1150. The van der Waals surface area contributed by atoms with E-state index >= 15 is 0 Å². The maximum Gasteiger partial charge on any atom is 1.00 e. The van der Waals surface area contributed by atoms with E-state index < -0.39 is 17.9 Å². The molecule has 0 heterocycles. The van der Waals surface area contributed by atoms with Crippen molar-refractivity contribution in [2.24, 2.45) is 0 Å². The molecule has 3 aromatic carbocycles. The van der Waals surface area contributed by atoms with E-state index in [2.05, 4.69) is 18.3 Å². The van der Waals surface area contributed by atoms with E-state index in [1.807, 2.05) is 67.8 Å². The van der Waals surface area contributed by atoms with E-state index in [1.165, 1.54) is 17.3 Å². The molecule has 0 aromatic heterocycles. The summed E-state index contributed by atoms with van der Waals surface area (Å²) in [5, 5.41) is 14.2. The van der Waals surface area contributed by atoms with Crippen LogP contribution in [0.15, 0.2) is 66.7 Å². The van der Waals surface area contributed by atoms with E-state index in [1.54, 1.807) is 6.07 Å². The normalized spacial score (nSPS) is 11.4. The van der Waals surface area contributed by atoms with Gasteiger partial charge in [0.05, 0.1) is 25.2 Å². The number of hydrogen-bond donors (Lipinski definition) is 1. The summed E-state index contributed by atoms with van der Waals surface area (Å²) in [5.74, 6) is -1.09. The second-order valence-corrected chi connectivity index (χ2v) is 9.23. The molecule has 0 saturated carbocycles. The van der Waals surface area contributed by atoms with Crippen LogP contribution in [-0.4, -0.2) is 29.9 Å². The first kappa shape index (κ1) is 28.7. The zero-order valence-corrected chi connectivity index (χ0v) is 21.6. The van der Waals surface area contributed by atoms with Gasteiger partial charge in [-0.25, -0.2) is 0 Å². The second-order valence-electron chi connectivity index (χ2n) is 8.24. The van der Waals surface area contributed by atoms with Crippen molar-refractivity contribution in [3.8, 4) is 11.1 Å². The van der Waals surface area contributed by atoms with Gasteiger partial charge in [0.25, 0.3) is 5.91 Å². The summed E-state index contributed by atoms with van der Waals surface area (Å²) >= 11 is 1.52. The number of benzene rings is 3. The molecule has 5 nitrogen and oxygen atoms in total. The summed E-state index contributed by atoms with van der Waals surface area (Å²) < 4.78 is 5.96. The number of aliphatic carboxylic acids is 1. The van der Waals surface area contributed by atoms with E-state index in [0.717, 1.165) is 27.8 Å². The monoisotopic (exact) mass is 483 g/mol. The minimum Gasteiger partial charge on any atom is -0.548 e. The number of carboxylic acid groups (broad SMARTS) is 1. The van der Waals surface area contributed by atoms with Gasteiger partial charge in [0, 0.05) is 5.56 Å². The molecule has 7 heteroatoms. The summed E-state index contributed by atoms with van der Waals surface area (Å²) in [7, 11) is 0. The van der Waals surface area contributed by atoms with Crippen molar-refractivity contribution >= 4 is 23.6 Å². The molecule has 1 amide bonds. The fourth-order valence-electron chi connectivity index (χ4n) is 3.75. The molecule has 1 atom stereocenters. The molecule has 3 rings (SSSR count). The maximum absolute atomic E-state index is 13.1. The van der Waals surface area contributed by atoms with Gasteiger partial charge in [-0.1, -0.05) is 54.6 Å². The number of nitrogens with one attached hydrogen (secondary N) is 1. The Morgan fingerprint density at radius 3 is 2.29 bits per heavy atom. The largest absolute Gasteiger partial charge is 1.00 e. The summed E-state index contributed by atoms with van der Waals surface area (Å²) in [6.45, 7) is 4.93. The van der Waals surface area contributed by atoms with Crippen molar-refractivity contribution < 1.29 is 38.3 Å². The quantitative estimate of drug-likeness (QED) is 0.416. The fourth-order valence-corrected chi connectivity index (χ4v) is 4.22. The van der Waals surface area contributed by atoms with Crippen LogP contribution in [0, 0.1) is 13.8 Å². The van der Waals surface area contributed by atoms with Gasteiger partial charge in [0.15, 0.2) is 0 Å². The fraction of sp³-hybridized carbons (Fsp3) is 0.286. The van der Waals surface area contributed by atoms with Gasteiger partial charge in [0.1, 0.15) is 0 Å². The first-order chi connectivity index (χ1) is 16.4. The first-order valence-corrected chi connectivity index (χ1v) is 12.6. The average molecular weight is 484 g/mol. The van der Waals surface area contributed by atoms with Crippen LogP contribution in [0.2, 0.25) is 0 Å². The SMILES string of the molecule is CSCC[C@H](NC(=O)c1ccc(COCc2ccccc2C)cc1-c1ccccc1C)C(=O)[O-].[Li+]. The zero-order chi connectivity index (χ0) is 24.5. The molecular weight excluding hydrogens is 453 g/mol. The van der Waals surface area contributed by atoms with Crippen molar-refractivity contribution in [2.45, 2.75) is 39.5 Å². The molecule has 0 unspecified atom stereocenters. The Balaban J connectivity index is 0.00000432. The van der Waals surface area contributed by atoms with Crippen LogP contribution in [0.1, 0.15) is 39.0 Å². The Morgan fingerprint density at radius 1 is 0.943 bits per heavy atom. The molecule has 0 radical (unpaired) electrons. The number of carbonyl (C=O) groups excluding carboxylic acids is 2. The van der Waals surface area contributed by atoms with Crippen LogP contribution in [0.3, 0.4) is 0 Å². The molecule has 0 saturated heterocycles. The third kappa shape index (κ3) is 8.01. The number of ether oxygens (including phenoxy) is 1. The molecule has 0 spiro atoms. The van der Waals surface area contributed by atoms with E-state index in [9.17, 15) is 14.7 Å². The van der Waals surface area contributed by atoms with Gasteiger partial charge in [-0.3, -0.25) is 4.79 Å². The predicted octanol–water partition coefficient (Wildman–Crippen LogP) is 1.29. The maximum atomic E-state index is 13.1. The first-order valence-electron chi connectivity index (χ1n) is 11.2. The third-order valence-electron chi connectivity index (χ3n) is 5.75. The predicted molar refractivity (Wildman–Crippen MR) is 136 cm³/mol. The smallest absolute Gasteiger partial charge is 0.548 e. The van der Waals surface area contributed by atoms with Crippen molar-refractivity contribution in [2.75, 3.05) is 12.0 Å². The average Bonchev–Trinajstić information content (AvgIpc) is 2.83. The van der Waals surface area contributed by atoms with Crippen molar-refractivity contribution in [3.05, 3.63) is 94.5 Å². The van der Waals surface area contributed by atoms with Crippen LogP contribution in [0.25, 0.3) is 11.1 Å². The van der Waals surface area contributed by atoms with Crippen LogP contribution in [-0.2, 0) is 22.7 Å². The van der Waals surface area contributed by atoms with Gasteiger partial charge < -0.3 is 20.0 Å². The topological polar surface area (TPSA) is 78.5 Å². The molecule has 35 heavy (non-hydrogen) atoms. The van der Waals surface area contributed by atoms with Crippen molar-refractivity contribution in [1.82, 2.24) is 5.32 Å². The van der Waals surface area contributed by atoms with Crippen molar-refractivity contribution in [3.63, 3.8) is 0 Å². The number of rotatable bonds is 11. The molecule has 3 aromatic rings. The summed E-state index contributed by atoms with van der Waals surface area (Å²) in [6, 6.07) is 20.4. The zero-order valence-electron chi connectivity index (χ0n) is 20.8. The Kier molecular flexibility index (Phi) is 11.6. The van der Waals surface area contributed by atoms with Gasteiger partial charge in [-0.2, -0.15) is 11.8 Å². The summed E-state index contributed by atoms with van der Waals surface area (Å²) in [5.41, 5.74) is 6.36. The van der Waals surface area contributed by atoms with Crippen LogP contribution < -0.4 is 29.3 Å². The third-order valence-corrected chi connectivity index (χ3v) is 6.40.